The smallest absolute Gasteiger partial charge is 0.337 e. The minimum Gasteiger partial charge on any atom is -0.478 e. The molecule has 0 bridgehead atoms. The third-order valence-corrected chi connectivity index (χ3v) is 4.15. The summed E-state index contributed by atoms with van der Waals surface area (Å²) in [6, 6.07) is 4.14. The molecule has 94 valence electrons. The molecule has 1 rings (SSSR count). The van der Waals surface area contributed by atoms with Crippen molar-refractivity contribution in [3.63, 3.8) is 0 Å². The van der Waals surface area contributed by atoms with Gasteiger partial charge in [-0.1, -0.05) is 6.92 Å². The molecular weight excluding hydrogens is 242 g/mol. The summed E-state index contributed by atoms with van der Waals surface area (Å²) >= 11 is 0. The number of aromatic carboxylic acids is 1. The first kappa shape index (κ1) is 13.5. The molecule has 0 amide bonds. The van der Waals surface area contributed by atoms with Crippen molar-refractivity contribution >= 4 is 21.5 Å². The number of nitrogens with zero attached hydrogens (tertiary/aromatic N) is 1. The highest BCUT2D eigenvalue weighted by Crippen LogP contribution is 2.23. The average Bonchev–Trinajstić information content (AvgIpc) is 2.28. The van der Waals surface area contributed by atoms with E-state index in [-0.39, 0.29) is 16.2 Å². The molecule has 0 aromatic heterocycles. The number of anilines is 1. The third-order valence-electron chi connectivity index (χ3n) is 2.42. The Balaban J connectivity index is 3.44. The molecule has 0 aliphatic heterocycles. The second kappa shape index (κ2) is 4.75. The fourth-order valence-corrected chi connectivity index (χ4v) is 2.34. The SMILES string of the molecule is CCS(=O)(=O)c1ccc(N(C)C)c(C(=O)O)c1. The highest BCUT2D eigenvalue weighted by molar-refractivity contribution is 7.91. The van der Waals surface area contributed by atoms with Crippen molar-refractivity contribution in [3.8, 4) is 0 Å². The summed E-state index contributed by atoms with van der Waals surface area (Å²) < 4.78 is 23.3. The van der Waals surface area contributed by atoms with Crippen LogP contribution in [0.1, 0.15) is 17.3 Å². The molecule has 0 fully saturated rings. The molecule has 0 atom stereocenters. The Kier molecular flexibility index (Phi) is 3.77. The quantitative estimate of drug-likeness (QED) is 0.878. The number of benzene rings is 1. The van der Waals surface area contributed by atoms with E-state index in [0.29, 0.717) is 5.69 Å². The Labute approximate surface area is 101 Å². The zero-order chi connectivity index (χ0) is 13.2. The Morgan fingerprint density at radius 3 is 2.35 bits per heavy atom. The Morgan fingerprint density at radius 2 is 1.94 bits per heavy atom. The van der Waals surface area contributed by atoms with Crippen LogP contribution in [0, 0.1) is 0 Å². The standard InChI is InChI=1S/C11H15NO4S/c1-4-17(15,16)8-5-6-10(12(2)3)9(7-8)11(13)14/h5-7H,4H2,1-3H3,(H,13,14). The van der Waals surface area contributed by atoms with Crippen LogP contribution in [0.25, 0.3) is 0 Å². The Morgan fingerprint density at radius 1 is 1.35 bits per heavy atom. The van der Waals surface area contributed by atoms with Crippen LogP contribution in [0.15, 0.2) is 23.1 Å². The van der Waals surface area contributed by atoms with Crippen molar-refractivity contribution in [1.29, 1.82) is 0 Å². The van der Waals surface area contributed by atoms with Gasteiger partial charge in [0.05, 0.1) is 21.9 Å². The van der Waals surface area contributed by atoms with Crippen molar-refractivity contribution in [3.05, 3.63) is 23.8 Å². The molecule has 0 aliphatic rings. The largest absolute Gasteiger partial charge is 0.478 e. The molecule has 0 unspecified atom stereocenters. The van der Waals surface area contributed by atoms with Gasteiger partial charge in [-0.3, -0.25) is 0 Å². The molecule has 0 radical (unpaired) electrons. The molecule has 0 saturated heterocycles. The van der Waals surface area contributed by atoms with Gasteiger partial charge in [-0.05, 0) is 18.2 Å². The number of sulfone groups is 1. The van der Waals surface area contributed by atoms with Crippen LogP contribution < -0.4 is 4.90 Å². The van der Waals surface area contributed by atoms with E-state index in [0.717, 1.165) is 0 Å². The number of carboxylic acids is 1. The Hall–Kier alpha value is -1.56. The van der Waals surface area contributed by atoms with Crippen molar-refractivity contribution in [1.82, 2.24) is 0 Å². The summed E-state index contributed by atoms with van der Waals surface area (Å²) in [6.45, 7) is 1.52. The van der Waals surface area contributed by atoms with Gasteiger partial charge < -0.3 is 10.0 Å². The second-order valence-corrected chi connectivity index (χ2v) is 6.06. The Bertz CT molecular complexity index is 534. The average molecular weight is 257 g/mol. The van der Waals surface area contributed by atoms with Gasteiger partial charge in [0.25, 0.3) is 0 Å². The van der Waals surface area contributed by atoms with Crippen molar-refractivity contribution in [2.24, 2.45) is 0 Å². The predicted molar refractivity (Wildman–Crippen MR) is 65.5 cm³/mol. The molecule has 17 heavy (non-hydrogen) atoms. The normalized spacial score (nSPS) is 11.2. The summed E-state index contributed by atoms with van der Waals surface area (Å²) in [5.74, 6) is -1.19. The fourth-order valence-electron chi connectivity index (χ4n) is 1.44. The van der Waals surface area contributed by atoms with E-state index in [4.69, 9.17) is 5.11 Å². The molecule has 0 spiro atoms. The maximum Gasteiger partial charge on any atom is 0.337 e. The van der Waals surface area contributed by atoms with Gasteiger partial charge in [0.15, 0.2) is 9.84 Å². The summed E-state index contributed by atoms with van der Waals surface area (Å²) in [6.07, 6.45) is 0. The molecule has 1 aromatic rings. The van der Waals surface area contributed by atoms with Gasteiger partial charge >= 0.3 is 5.97 Å². The fraction of sp³-hybridized carbons (Fsp3) is 0.364. The van der Waals surface area contributed by atoms with Gasteiger partial charge in [0.1, 0.15) is 0 Å². The number of carboxylic acid groups (broad SMARTS) is 1. The van der Waals surface area contributed by atoms with E-state index in [2.05, 4.69) is 0 Å². The molecule has 0 saturated carbocycles. The van der Waals surface area contributed by atoms with Gasteiger partial charge in [-0.25, -0.2) is 13.2 Å². The van der Waals surface area contributed by atoms with Crippen molar-refractivity contribution < 1.29 is 18.3 Å². The van der Waals surface area contributed by atoms with Gasteiger partial charge in [0, 0.05) is 14.1 Å². The molecule has 0 heterocycles. The second-order valence-electron chi connectivity index (χ2n) is 3.78. The summed E-state index contributed by atoms with van der Waals surface area (Å²) in [5.41, 5.74) is 0.470. The van der Waals surface area contributed by atoms with Crippen LogP contribution in [0.2, 0.25) is 0 Å². The minimum atomic E-state index is -3.38. The summed E-state index contributed by atoms with van der Waals surface area (Å²) in [7, 11) is 0.0297. The van der Waals surface area contributed by atoms with Crippen LogP contribution in [-0.2, 0) is 9.84 Å². The van der Waals surface area contributed by atoms with E-state index in [1.165, 1.54) is 25.1 Å². The maximum absolute atomic E-state index is 11.7. The van der Waals surface area contributed by atoms with Gasteiger partial charge in [0.2, 0.25) is 0 Å². The predicted octanol–water partition coefficient (Wildman–Crippen LogP) is 1.24. The number of hydrogen-bond acceptors (Lipinski definition) is 4. The van der Waals surface area contributed by atoms with Crippen LogP contribution in [0.3, 0.4) is 0 Å². The van der Waals surface area contributed by atoms with Crippen LogP contribution in [0.4, 0.5) is 5.69 Å². The lowest BCUT2D eigenvalue weighted by molar-refractivity contribution is 0.0697. The first-order valence-electron chi connectivity index (χ1n) is 5.07. The lowest BCUT2D eigenvalue weighted by Crippen LogP contribution is -2.15. The van der Waals surface area contributed by atoms with Crippen LogP contribution in [0.5, 0.6) is 0 Å². The molecule has 5 nitrogen and oxygen atoms in total. The van der Waals surface area contributed by atoms with Gasteiger partial charge in [-0.2, -0.15) is 0 Å². The zero-order valence-corrected chi connectivity index (χ0v) is 10.8. The number of carbonyl (C=O) groups is 1. The first-order chi connectivity index (χ1) is 7.79. The van der Waals surface area contributed by atoms with E-state index in [1.54, 1.807) is 19.0 Å². The van der Waals surface area contributed by atoms with Crippen LogP contribution >= 0.6 is 0 Å². The summed E-state index contributed by atoms with van der Waals surface area (Å²) in [4.78, 5) is 12.7. The lowest BCUT2D eigenvalue weighted by Gasteiger charge is -2.16. The maximum atomic E-state index is 11.7. The van der Waals surface area contributed by atoms with Crippen molar-refractivity contribution in [2.75, 3.05) is 24.7 Å². The first-order valence-corrected chi connectivity index (χ1v) is 6.72. The molecule has 1 aromatic carbocycles. The number of rotatable bonds is 4. The topological polar surface area (TPSA) is 74.7 Å². The molecule has 6 heteroatoms. The monoisotopic (exact) mass is 257 g/mol. The molecular formula is C11H15NO4S. The van der Waals surface area contributed by atoms with Crippen molar-refractivity contribution in [2.45, 2.75) is 11.8 Å². The highest BCUT2D eigenvalue weighted by atomic mass is 32.2. The third kappa shape index (κ3) is 2.76. The van der Waals surface area contributed by atoms with E-state index < -0.39 is 15.8 Å². The zero-order valence-electron chi connectivity index (χ0n) is 9.97. The van der Waals surface area contributed by atoms with Crippen LogP contribution in [-0.4, -0.2) is 39.3 Å². The number of hydrogen-bond donors (Lipinski definition) is 1. The van der Waals surface area contributed by atoms with E-state index in [1.807, 2.05) is 0 Å². The minimum absolute atomic E-state index is 0.00970. The molecule has 1 N–H and O–H groups in total. The molecule has 0 aliphatic carbocycles. The highest BCUT2D eigenvalue weighted by Gasteiger charge is 2.18. The lowest BCUT2D eigenvalue weighted by atomic mass is 10.1. The van der Waals surface area contributed by atoms with E-state index in [9.17, 15) is 13.2 Å². The van der Waals surface area contributed by atoms with E-state index >= 15 is 0 Å². The summed E-state index contributed by atoms with van der Waals surface area (Å²) in [5, 5.41) is 9.06. The van der Waals surface area contributed by atoms with Gasteiger partial charge in [-0.15, -0.1) is 0 Å².